The Hall–Kier alpha value is -3.23. The summed E-state index contributed by atoms with van der Waals surface area (Å²) in [5, 5.41) is 2.61. The van der Waals surface area contributed by atoms with Gasteiger partial charge >= 0.3 is 6.03 Å². The van der Waals surface area contributed by atoms with Gasteiger partial charge in [-0.3, -0.25) is 19.8 Å². The second-order valence-electron chi connectivity index (χ2n) is 7.06. The van der Waals surface area contributed by atoms with E-state index in [9.17, 15) is 14.4 Å². The highest BCUT2D eigenvalue weighted by atomic mass is 35.5. The second-order valence-corrected chi connectivity index (χ2v) is 7.87. The highest BCUT2D eigenvalue weighted by molar-refractivity contribution is 6.37. The summed E-state index contributed by atoms with van der Waals surface area (Å²) in [6.07, 6.45) is 2.15. The Morgan fingerprint density at radius 2 is 1.70 bits per heavy atom. The smallest absolute Gasteiger partial charge is 0.331 e. The van der Waals surface area contributed by atoms with Crippen LogP contribution in [0, 0.1) is 0 Å². The first-order valence-electron chi connectivity index (χ1n) is 10.0. The van der Waals surface area contributed by atoms with Gasteiger partial charge in [-0.25, -0.2) is 4.79 Å². The number of hydrogen-bond donors (Lipinski definition) is 1. The van der Waals surface area contributed by atoms with Crippen LogP contribution in [0.25, 0.3) is 6.08 Å². The number of nitrogens with one attached hydrogen (secondary N) is 1. The van der Waals surface area contributed by atoms with Crippen LogP contribution in [-0.2, 0) is 16.1 Å². The molecule has 1 N–H and O–H groups in total. The van der Waals surface area contributed by atoms with Gasteiger partial charge < -0.3 is 14.2 Å². The molecule has 0 radical (unpaired) electrons. The summed E-state index contributed by atoms with van der Waals surface area (Å²) in [4.78, 5) is 38.8. The summed E-state index contributed by atoms with van der Waals surface area (Å²) < 4.78 is 16.1. The lowest BCUT2D eigenvalue weighted by molar-refractivity contribution is -0.130. The van der Waals surface area contributed by atoms with Crippen molar-refractivity contribution in [1.29, 1.82) is 0 Å². The molecule has 0 saturated carbocycles. The number of benzene rings is 2. The third-order valence-electron chi connectivity index (χ3n) is 4.75. The maximum Gasteiger partial charge on any atom is 0.331 e. The minimum absolute atomic E-state index is 0.0795. The van der Waals surface area contributed by atoms with Crippen LogP contribution in [0.1, 0.15) is 24.5 Å². The zero-order chi connectivity index (χ0) is 24.1. The standard InChI is InChI=1S/C23H22Cl2N2O6/c1-4-7-33-18-6-5-13(11-19(18)31-2)12-27-22(29)15(21(28)26-23(27)30)8-14-9-16(24)20(32-3)17(25)10-14/h5-6,8-11H,4,7,12H2,1-3H3,(H,26,28,30)/b15-8+. The molecular weight excluding hydrogens is 471 g/mol. The molecule has 1 aliphatic heterocycles. The fourth-order valence-electron chi connectivity index (χ4n) is 3.19. The van der Waals surface area contributed by atoms with Crippen molar-refractivity contribution in [3.8, 4) is 17.2 Å². The fourth-order valence-corrected chi connectivity index (χ4v) is 3.84. The molecule has 0 aliphatic carbocycles. The van der Waals surface area contributed by atoms with E-state index >= 15 is 0 Å². The number of imide groups is 2. The van der Waals surface area contributed by atoms with Crippen LogP contribution in [0.5, 0.6) is 17.2 Å². The largest absolute Gasteiger partial charge is 0.494 e. The van der Waals surface area contributed by atoms with Crippen LogP contribution in [0.4, 0.5) is 4.79 Å². The van der Waals surface area contributed by atoms with Crippen molar-refractivity contribution in [2.75, 3.05) is 20.8 Å². The predicted molar refractivity (Wildman–Crippen MR) is 124 cm³/mol. The molecule has 1 fully saturated rings. The molecule has 3 rings (SSSR count). The van der Waals surface area contributed by atoms with Crippen molar-refractivity contribution in [1.82, 2.24) is 10.2 Å². The van der Waals surface area contributed by atoms with Crippen molar-refractivity contribution >= 4 is 47.1 Å². The van der Waals surface area contributed by atoms with E-state index in [2.05, 4.69) is 5.32 Å². The quantitative estimate of drug-likeness (QED) is 0.431. The van der Waals surface area contributed by atoms with Gasteiger partial charge in [0.1, 0.15) is 5.57 Å². The zero-order valence-corrected chi connectivity index (χ0v) is 19.7. The van der Waals surface area contributed by atoms with E-state index in [4.69, 9.17) is 37.4 Å². The van der Waals surface area contributed by atoms with Crippen molar-refractivity contribution in [2.45, 2.75) is 19.9 Å². The summed E-state index contributed by atoms with van der Waals surface area (Å²) in [6, 6.07) is 7.28. The van der Waals surface area contributed by atoms with E-state index in [1.54, 1.807) is 18.2 Å². The Bertz CT molecular complexity index is 1110. The van der Waals surface area contributed by atoms with Gasteiger partial charge in [-0.15, -0.1) is 0 Å². The van der Waals surface area contributed by atoms with E-state index in [0.29, 0.717) is 29.2 Å². The number of nitrogens with zero attached hydrogens (tertiary/aromatic N) is 1. The van der Waals surface area contributed by atoms with Crippen molar-refractivity contribution in [2.24, 2.45) is 0 Å². The summed E-state index contributed by atoms with van der Waals surface area (Å²) >= 11 is 12.3. The van der Waals surface area contributed by atoms with Crippen LogP contribution >= 0.6 is 23.2 Å². The summed E-state index contributed by atoms with van der Waals surface area (Å²) in [6.45, 7) is 2.43. The summed E-state index contributed by atoms with van der Waals surface area (Å²) in [7, 11) is 2.92. The molecule has 1 aliphatic rings. The van der Waals surface area contributed by atoms with E-state index in [-0.39, 0.29) is 27.9 Å². The number of urea groups is 1. The van der Waals surface area contributed by atoms with E-state index in [0.717, 1.165) is 11.3 Å². The van der Waals surface area contributed by atoms with Gasteiger partial charge in [0, 0.05) is 0 Å². The molecule has 10 heteroatoms. The number of halogens is 2. The molecule has 4 amide bonds. The van der Waals surface area contributed by atoms with Crippen molar-refractivity contribution < 1.29 is 28.6 Å². The summed E-state index contributed by atoms with van der Waals surface area (Å²) in [5.74, 6) is -0.263. The SMILES string of the molecule is CCCOc1ccc(CN2C(=O)NC(=O)/C(=C\c3cc(Cl)c(OC)c(Cl)c3)C2=O)cc1OC. The van der Waals surface area contributed by atoms with E-state index < -0.39 is 17.8 Å². The molecule has 33 heavy (non-hydrogen) atoms. The molecule has 8 nitrogen and oxygen atoms in total. The highest BCUT2D eigenvalue weighted by Gasteiger charge is 2.36. The van der Waals surface area contributed by atoms with Gasteiger partial charge in [0.05, 0.1) is 37.4 Å². The molecule has 0 bridgehead atoms. The maximum absolute atomic E-state index is 13.0. The Labute approximate surface area is 201 Å². The predicted octanol–water partition coefficient (Wildman–Crippen LogP) is 4.46. The lowest BCUT2D eigenvalue weighted by Gasteiger charge is -2.26. The number of hydrogen-bond acceptors (Lipinski definition) is 6. The molecule has 174 valence electrons. The number of ether oxygens (including phenoxy) is 3. The molecule has 1 saturated heterocycles. The van der Waals surface area contributed by atoms with Gasteiger partial charge in [0.25, 0.3) is 11.8 Å². The fraction of sp³-hybridized carbons (Fsp3) is 0.261. The average molecular weight is 493 g/mol. The van der Waals surface area contributed by atoms with Crippen LogP contribution in [0.15, 0.2) is 35.9 Å². The van der Waals surface area contributed by atoms with Crippen LogP contribution < -0.4 is 19.5 Å². The second kappa shape index (κ2) is 10.6. The minimum atomic E-state index is -0.821. The molecule has 1 heterocycles. The van der Waals surface area contributed by atoms with Gasteiger partial charge in [0.2, 0.25) is 0 Å². The van der Waals surface area contributed by atoms with E-state index in [1.165, 1.54) is 32.4 Å². The average Bonchev–Trinajstić information content (AvgIpc) is 2.78. The highest BCUT2D eigenvalue weighted by Crippen LogP contribution is 2.35. The Kier molecular flexibility index (Phi) is 7.84. The van der Waals surface area contributed by atoms with Crippen LogP contribution in [0.3, 0.4) is 0 Å². The normalized spacial score (nSPS) is 15.0. The first-order chi connectivity index (χ1) is 15.8. The number of carbonyl (C=O) groups excluding carboxylic acids is 3. The number of barbiturate groups is 1. The lowest BCUT2D eigenvalue weighted by Crippen LogP contribution is -2.53. The monoisotopic (exact) mass is 492 g/mol. The molecular formula is C23H22Cl2N2O6. The molecule has 0 spiro atoms. The Morgan fingerprint density at radius 1 is 1.00 bits per heavy atom. The van der Waals surface area contributed by atoms with Crippen LogP contribution in [-0.4, -0.2) is 43.6 Å². The number of carbonyl (C=O) groups is 3. The topological polar surface area (TPSA) is 94.2 Å². The van der Waals surface area contributed by atoms with Crippen LogP contribution in [0.2, 0.25) is 10.0 Å². The molecule has 2 aromatic rings. The molecule has 0 atom stereocenters. The van der Waals surface area contributed by atoms with Gasteiger partial charge in [-0.2, -0.15) is 0 Å². The molecule has 0 aromatic heterocycles. The summed E-state index contributed by atoms with van der Waals surface area (Å²) in [5.41, 5.74) is 0.780. The van der Waals surface area contributed by atoms with Crippen molar-refractivity contribution in [3.05, 3.63) is 57.1 Å². The van der Waals surface area contributed by atoms with Gasteiger partial charge in [-0.1, -0.05) is 36.2 Å². The minimum Gasteiger partial charge on any atom is -0.494 e. The lowest BCUT2D eigenvalue weighted by atomic mass is 10.1. The first kappa shape index (κ1) is 24.4. The molecule has 0 unspecified atom stereocenters. The molecule has 2 aromatic carbocycles. The Morgan fingerprint density at radius 3 is 2.30 bits per heavy atom. The number of rotatable bonds is 8. The Balaban J connectivity index is 1.89. The van der Waals surface area contributed by atoms with Crippen molar-refractivity contribution in [3.63, 3.8) is 0 Å². The first-order valence-corrected chi connectivity index (χ1v) is 10.8. The third kappa shape index (κ3) is 5.40. The number of methoxy groups -OCH3 is 2. The van der Waals surface area contributed by atoms with E-state index in [1.807, 2.05) is 6.92 Å². The maximum atomic E-state index is 13.0. The zero-order valence-electron chi connectivity index (χ0n) is 18.2. The van der Waals surface area contributed by atoms with Gasteiger partial charge in [-0.05, 0) is 47.9 Å². The van der Waals surface area contributed by atoms with Gasteiger partial charge in [0.15, 0.2) is 17.2 Å². The third-order valence-corrected chi connectivity index (χ3v) is 5.31. The number of amides is 4.